The SMILES string of the molecule is C=CC1C(OC2OC(COC(=O)CC)C(OC(=O)CC)C(OC(=O)CC)C2OC(=O)CC)OC=C(C(=O)O)[C@@]1(O)CCO. The summed E-state index contributed by atoms with van der Waals surface area (Å²) in [7, 11) is 0. The molecule has 2 aliphatic rings. The Bertz CT molecular complexity index is 1050. The summed E-state index contributed by atoms with van der Waals surface area (Å²) >= 11 is 0. The molecule has 0 bridgehead atoms. The summed E-state index contributed by atoms with van der Waals surface area (Å²) in [6.07, 6.45) is -7.87. The number of carbonyl (C=O) groups is 5. The zero-order valence-electron chi connectivity index (χ0n) is 24.6. The van der Waals surface area contributed by atoms with Crippen molar-refractivity contribution in [3.63, 3.8) is 0 Å². The lowest BCUT2D eigenvalue weighted by atomic mass is 9.77. The minimum atomic E-state index is -2.21. The smallest absolute Gasteiger partial charge is 0.337 e. The predicted octanol–water partition coefficient (Wildman–Crippen LogP) is 0.887. The van der Waals surface area contributed by atoms with Crippen LogP contribution >= 0.6 is 0 Å². The molecule has 0 aromatic heterocycles. The molecule has 242 valence electrons. The van der Waals surface area contributed by atoms with Gasteiger partial charge < -0.3 is 48.5 Å². The quantitative estimate of drug-likeness (QED) is 0.132. The third-order valence-corrected chi connectivity index (χ3v) is 6.83. The fourth-order valence-corrected chi connectivity index (χ4v) is 4.50. The normalized spacial score (nSPS) is 30.2. The van der Waals surface area contributed by atoms with E-state index in [-0.39, 0.29) is 25.7 Å². The largest absolute Gasteiger partial charge is 0.478 e. The van der Waals surface area contributed by atoms with Gasteiger partial charge in [0.2, 0.25) is 12.6 Å². The first-order valence-corrected chi connectivity index (χ1v) is 14.0. The molecule has 1 saturated heterocycles. The number of ether oxygens (including phenoxy) is 7. The van der Waals surface area contributed by atoms with E-state index in [1.54, 1.807) is 6.92 Å². The number of esters is 4. The van der Waals surface area contributed by atoms with Gasteiger partial charge in [0.25, 0.3) is 0 Å². The number of carboxylic acid groups (broad SMARTS) is 1. The second-order valence-corrected chi connectivity index (χ2v) is 9.64. The molecule has 7 unspecified atom stereocenters. The van der Waals surface area contributed by atoms with Gasteiger partial charge in [-0.15, -0.1) is 6.58 Å². The van der Waals surface area contributed by atoms with Crippen LogP contribution in [0.1, 0.15) is 59.8 Å². The summed E-state index contributed by atoms with van der Waals surface area (Å²) in [5.74, 6) is -5.70. The van der Waals surface area contributed by atoms with Crippen molar-refractivity contribution in [1.29, 1.82) is 0 Å². The molecular formula is C28H40O15. The van der Waals surface area contributed by atoms with Crippen LogP contribution in [0.3, 0.4) is 0 Å². The molecule has 15 nitrogen and oxygen atoms in total. The van der Waals surface area contributed by atoms with Crippen molar-refractivity contribution in [2.75, 3.05) is 13.2 Å². The van der Waals surface area contributed by atoms with E-state index in [9.17, 15) is 39.3 Å². The van der Waals surface area contributed by atoms with Crippen LogP contribution in [-0.4, -0.2) is 101 Å². The number of carboxylic acids is 1. The fraction of sp³-hybridized carbons (Fsp3) is 0.679. The lowest BCUT2D eigenvalue weighted by Crippen LogP contribution is -2.64. The zero-order valence-corrected chi connectivity index (χ0v) is 24.6. The first kappa shape index (κ1) is 35.7. The van der Waals surface area contributed by atoms with Gasteiger partial charge in [-0.25, -0.2) is 4.79 Å². The van der Waals surface area contributed by atoms with Crippen molar-refractivity contribution in [2.24, 2.45) is 5.92 Å². The van der Waals surface area contributed by atoms with E-state index in [4.69, 9.17) is 33.2 Å². The third-order valence-electron chi connectivity index (χ3n) is 6.83. The van der Waals surface area contributed by atoms with E-state index in [2.05, 4.69) is 6.58 Å². The molecule has 0 aromatic carbocycles. The first-order chi connectivity index (χ1) is 20.4. The zero-order chi connectivity index (χ0) is 32.3. The van der Waals surface area contributed by atoms with E-state index in [1.807, 2.05) is 0 Å². The lowest BCUT2D eigenvalue weighted by molar-refractivity contribution is -0.346. The molecule has 1 fully saturated rings. The van der Waals surface area contributed by atoms with Crippen LogP contribution in [-0.2, 0) is 57.1 Å². The third kappa shape index (κ3) is 8.75. The minimum Gasteiger partial charge on any atom is -0.478 e. The highest BCUT2D eigenvalue weighted by atomic mass is 16.8. The maximum atomic E-state index is 12.5. The Morgan fingerprint density at radius 3 is 1.91 bits per heavy atom. The van der Waals surface area contributed by atoms with Crippen molar-refractivity contribution in [3.05, 3.63) is 24.5 Å². The Balaban J connectivity index is 2.62. The molecule has 2 aliphatic heterocycles. The molecule has 0 saturated carbocycles. The van der Waals surface area contributed by atoms with Crippen molar-refractivity contribution in [3.8, 4) is 0 Å². The van der Waals surface area contributed by atoms with E-state index in [1.165, 1.54) is 20.8 Å². The standard InChI is InChI=1S/C28H40O15/c1-6-15-26(38-13-16(25(34)35)28(15,36)11-12-29)43-27-24(42-21(33)10-5)23(41-20(32)9-4)22(40-19(31)8-3)17(39-27)14-37-18(30)7-2/h6,13,15,17,22-24,26-27,29,36H,1,7-12,14H2,2-5H3,(H,34,35)/t15?,17?,22?,23?,24?,26?,27?,28-/m1/s1. The van der Waals surface area contributed by atoms with Gasteiger partial charge >= 0.3 is 29.8 Å². The van der Waals surface area contributed by atoms with Gasteiger partial charge in [0.1, 0.15) is 23.9 Å². The van der Waals surface area contributed by atoms with Gasteiger partial charge in [0, 0.05) is 38.7 Å². The number of rotatable bonds is 15. The molecule has 0 spiro atoms. The summed E-state index contributed by atoms with van der Waals surface area (Å²) in [6, 6.07) is 0. The Kier molecular flexibility index (Phi) is 13.6. The number of aliphatic hydroxyl groups excluding tert-OH is 1. The lowest BCUT2D eigenvalue weighted by Gasteiger charge is -2.47. The number of hydrogen-bond acceptors (Lipinski definition) is 14. The highest BCUT2D eigenvalue weighted by Crippen LogP contribution is 2.40. The first-order valence-electron chi connectivity index (χ1n) is 14.0. The predicted molar refractivity (Wildman–Crippen MR) is 142 cm³/mol. The molecule has 15 heteroatoms. The molecule has 3 N–H and O–H groups in total. The Morgan fingerprint density at radius 1 is 0.884 bits per heavy atom. The molecule has 43 heavy (non-hydrogen) atoms. The van der Waals surface area contributed by atoms with Crippen LogP contribution in [0, 0.1) is 5.92 Å². The van der Waals surface area contributed by atoms with Gasteiger partial charge in [-0.1, -0.05) is 33.8 Å². The summed E-state index contributed by atoms with van der Waals surface area (Å²) in [6.45, 7) is 8.63. The van der Waals surface area contributed by atoms with Crippen molar-refractivity contribution in [1.82, 2.24) is 0 Å². The van der Waals surface area contributed by atoms with Crippen LogP contribution in [0.2, 0.25) is 0 Å². The van der Waals surface area contributed by atoms with E-state index in [0.29, 0.717) is 0 Å². The molecule has 0 radical (unpaired) electrons. The van der Waals surface area contributed by atoms with Crippen LogP contribution in [0.5, 0.6) is 0 Å². The van der Waals surface area contributed by atoms with E-state index in [0.717, 1.165) is 12.3 Å². The highest BCUT2D eigenvalue weighted by molar-refractivity contribution is 5.89. The van der Waals surface area contributed by atoms with Crippen LogP contribution in [0.25, 0.3) is 0 Å². The maximum Gasteiger partial charge on any atom is 0.337 e. The van der Waals surface area contributed by atoms with Gasteiger partial charge in [-0.05, 0) is 0 Å². The molecule has 0 amide bonds. The van der Waals surface area contributed by atoms with E-state index >= 15 is 0 Å². The van der Waals surface area contributed by atoms with Crippen LogP contribution in [0.15, 0.2) is 24.5 Å². The van der Waals surface area contributed by atoms with Gasteiger partial charge in [-0.2, -0.15) is 0 Å². The monoisotopic (exact) mass is 616 g/mol. The number of carbonyl (C=O) groups excluding carboxylic acids is 4. The molecule has 2 rings (SSSR count). The second kappa shape index (κ2) is 16.4. The van der Waals surface area contributed by atoms with E-state index < -0.39 is 104 Å². The summed E-state index contributed by atoms with van der Waals surface area (Å²) in [4.78, 5) is 61.3. The molecular weight excluding hydrogens is 576 g/mol. The number of aliphatic hydroxyl groups is 2. The summed E-state index contributed by atoms with van der Waals surface area (Å²) in [5, 5.41) is 30.6. The highest BCUT2D eigenvalue weighted by Gasteiger charge is 2.56. The Morgan fingerprint density at radius 2 is 1.42 bits per heavy atom. The Labute approximate surface area is 248 Å². The van der Waals surface area contributed by atoms with Crippen molar-refractivity contribution < 1.29 is 72.5 Å². The minimum absolute atomic E-state index is 0.00959. The second-order valence-electron chi connectivity index (χ2n) is 9.64. The summed E-state index contributed by atoms with van der Waals surface area (Å²) in [5.41, 5.74) is -2.78. The van der Waals surface area contributed by atoms with Gasteiger partial charge in [-0.3, -0.25) is 19.2 Å². The maximum absolute atomic E-state index is 12.5. The van der Waals surface area contributed by atoms with Gasteiger partial charge in [0.15, 0.2) is 18.3 Å². The fourth-order valence-electron chi connectivity index (χ4n) is 4.50. The molecule has 8 atom stereocenters. The average Bonchev–Trinajstić information content (AvgIpc) is 2.98. The van der Waals surface area contributed by atoms with Crippen molar-refractivity contribution in [2.45, 2.75) is 102 Å². The average molecular weight is 617 g/mol. The number of hydrogen-bond donors (Lipinski definition) is 3. The molecule has 0 aliphatic carbocycles. The molecule has 2 heterocycles. The Hall–Kier alpha value is -3.53. The van der Waals surface area contributed by atoms with Crippen molar-refractivity contribution >= 4 is 29.8 Å². The summed E-state index contributed by atoms with van der Waals surface area (Å²) < 4.78 is 39.4. The number of aliphatic carboxylic acids is 1. The van der Waals surface area contributed by atoms with Gasteiger partial charge in [0.05, 0.1) is 12.2 Å². The van der Waals surface area contributed by atoms with Crippen LogP contribution in [0.4, 0.5) is 0 Å². The van der Waals surface area contributed by atoms with Crippen LogP contribution < -0.4 is 0 Å². The molecule has 0 aromatic rings. The topological polar surface area (TPSA) is 211 Å².